The molecule has 0 heterocycles. The van der Waals surface area contributed by atoms with E-state index in [0.29, 0.717) is 29.8 Å². The number of hydrogen-bond donors (Lipinski definition) is 2. The van der Waals surface area contributed by atoms with E-state index in [1.165, 1.54) is 26.4 Å². The third-order valence-corrected chi connectivity index (χ3v) is 5.26. The Morgan fingerprint density at radius 1 is 0.816 bits per heavy atom. The molecule has 210 valence electrons. The molecule has 0 unspecified atom stereocenters. The summed E-state index contributed by atoms with van der Waals surface area (Å²) < 4.78 is 20.3. The summed E-state index contributed by atoms with van der Waals surface area (Å²) in [7, 11) is 2.96. The van der Waals surface area contributed by atoms with E-state index in [2.05, 4.69) is 13.8 Å². The fourth-order valence-electron chi connectivity index (χ4n) is 3.17. The first-order valence-electron chi connectivity index (χ1n) is 12.7. The average Bonchev–Trinajstić information content (AvgIpc) is 2.87. The van der Waals surface area contributed by atoms with Gasteiger partial charge in [-0.1, -0.05) is 58.4 Å². The Kier molecular flexibility index (Phi) is 15.1. The molecule has 0 saturated carbocycles. The molecular formula is C30H42O8. The third-order valence-electron chi connectivity index (χ3n) is 5.26. The first kappa shape index (κ1) is 32.3. The summed E-state index contributed by atoms with van der Waals surface area (Å²) in [6.45, 7) is 8.74. The Labute approximate surface area is 226 Å². The highest BCUT2D eigenvalue weighted by Gasteiger charge is 2.07. The summed E-state index contributed by atoms with van der Waals surface area (Å²) >= 11 is 0. The summed E-state index contributed by atoms with van der Waals surface area (Å²) in [5.41, 5.74) is 1.57. The summed E-state index contributed by atoms with van der Waals surface area (Å²) in [6.07, 6.45) is 6.38. The number of allylic oxidation sites excluding steroid dienone is 1. The normalized spacial score (nSPS) is 10.7. The smallest absolute Gasteiger partial charge is 0.309 e. The van der Waals surface area contributed by atoms with Crippen LogP contribution < -0.4 is 9.47 Å². The lowest BCUT2D eigenvalue weighted by atomic mass is 10.1. The second-order valence-corrected chi connectivity index (χ2v) is 9.50. The van der Waals surface area contributed by atoms with Gasteiger partial charge in [0.2, 0.25) is 0 Å². The molecule has 2 rings (SSSR count). The highest BCUT2D eigenvalue weighted by molar-refractivity contribution is 5.71. The first-order chi connectivity index (χ1) is 18.0. The fourth-order valence-corrected chi connectivity index (χ4v) is 3.17. The van der Waals surface area contributed by atoms with Gasteiger partial charge in [0.15, 0.2) is 23.0 Å². The first-order valence-corrected chi connectivity index (χ1v) is 12.7. The minimum absolute atomic E-state index is 0.0671. The molecule has 2 aromatic rings. The quantitative estimate of drug-likeness (QED) is 0.229. The van der Waals surface area contributed by atoms with Crippen molar-refractivity contribution in [3.8, 4) is 23.0 Å². The number of hydrogen-bond acceptors (Lipinski definition) is 8. The van der Waals surface area contributed by atoms with Crippen molar-refractivity contribution in [2.75, 3.05) is 14.2 Å². The van der Waals surface area contributed by atoms with E-state index >= 15 is 0 Å². The van der Waals surface area contributed by atoms with Crippen molar-refractivity contribution >= 4 is 11.9 Å². The minimum Gasteiger partial charge on any atom is -0.504 e. The molecule has 0 amide bonds. The lowest BCUT2D eigenvalue weighted by Gasteiger charge is -2.08. The van der Waals surface area contributed by atoms with Crippen LogP contribution in [0.15, 0.2) is 48.6 Å². The van der Waals surface area contributed by atoms with Crippen molar-refractivity contribution in [2.45, 2.75) is 66.6 Å². The van der Waals surface area contributed by atoms with Gasteiger partial charge in [0.1, 0.15) is 13.2 Å². The molecule has 0 aromatic heterocycles. The van der Waals surface area contributed by atoms with Crippen LogP contribution in [-0.4, -0.2) is 36.4 Å². The van der Waals surface area contributed by atoms with E-state index in [1.54, 1.807) is 24.3 Å². The van der Waals surface area contributed by atoms with Crippen LogP contribution >= 0.6 is 0 Å². The molecule has 0 saturated heterocycles. The van der Waals surface area contributed by atoms with Gasteiger partial charge in [-0.25, -0.2) is 0 Å². The number of benzene rings is 2. The number of phenolic OH excluding ortho intramolecular Hbond substituents is 2. The van der Waals surface area contributed by atoms with Crippen LogP contribution in [-0.2, 0) is 32.3 Å². The topological polar surface area (TPSA) is 112 Å². The molecule has 0 fully saturated rings. The Morgan fingerprint density at radius 2 is 1.32 bits per heavy atom. The molecule has 38 heavy (non-hydrogen) atoms. The van der Waals surface area contributed by atoms with Gasteiger partial charge >= 0.3 is 11.9 Å². The molecule has 2 aromatic carbocycles. The van der Waals surface area contributed by atoms with Crippen LogP contribution in [0.1, 0.15) is 64.5 Å². The molecule has 8 heteroatoms. The van der Waals surface area contributed by atoms with Crippen molar-refractivity contribution in [1.29, 1.82) is 0 Å². The van der Waals surface area contributed by atoms with E-state index in [4.69, 9.17) is 18.9 Å². The zero-order valence-corrected chi connectivity index (χ0v) is 23.4. The highest BCUT2D eigenvalue weighted by Crippen LogP contribution is 2.27. The van der Waals surface area contributed by atoms with Crippen molar-refractivity contribution in [2.24, 2.45) is 11.8 Å². The van der Waals surface area contributed by atoms with Crippen LogP contribution in [0.5, 0.6) is 23.0 Å². The number of aromatic hydroxyl groups is 2. The molecule has 0 bridgehead atoms. The lowest BCUT2D eigenvalue weighted by molar-refractivity contribution is -0.145. The minimum atomic E-state index is -0.274. The van der Waals surface area contributed by atoms with Gasteiger partial charge in [-0.2, -0.15) is 0 Å². The Bertz CT molecular complexity index is 1030. The Morgan fingerprint density at radius 3 is 1.76 bits per heavy atom. The molecule has 0 aliphatic heterocycles. The highest BCUT2D eigenvalue weighted by atomic mass is 16.5. The number of carbonyl (C=O) groups excluding carboxylic acids is 2. The maximum Gasteiger partial charge on any atom is 0.309 e. The van der Waals surface area contributed by atoms with Crippen LogP contribution in [0.4, 0.5) is 0 Å². The number of rotatable bonds is 13. The van der Waals surface area contributed by atoms with Gasteiger partial charge in [0, 0.05) is 6.42 Å². The van der Waals surface area contributed by atoms with Crippen molar-refractivity contribution < 1.29 is 38.7 Å². The van der Waals surface area contributed by atoms with Gasteiger partial charge in [-0.15, -0.1) is 0 Å². The van der Waals surface area contributed by atoms with E-state index in [9.17, 15) is 19.8 Å². The maximum absolute atomic E-state index is 11.5. The number of ether oxygens (including phenoxy) is 4. The molecular weight excluding hydrogens is 488 g/mol. The molecule has 2 N–H and O–H groups in total. The number of carbonyl (C=O) groups is 2. The summed E-state index contributed by atoms with van der Waals surface area (Å²) in [5.74, 6) is 1.47. The SMILES string of the molecule is COc1cc(COC(=O)C/C=C/C(C)C)ccc1O.COc1cc(COC(=O)CCCC(C)C)ccc1O. The van der Waals surface area contributed by atoms with Gasteiger partial charge in [-0.05, 0) is 53.6 Å². The summed E-state index contributed by atoms with van der Waals surface area (Å²) in [4.78, 5) is 23.0. The fraction of sp³-hybridized carbons (Fsp3) is 0.467. The molecule has 0 aliphatic carbocycles. The van der Waals surface area contributed by atoms with Gasteiger partial charge < -0.3 is 29.2 Å². The molecule has 0 atom stereocenters. The van der Waals surface area contributed by atoms with Gasteiger partial charge in [0.25, 0.3) is 0 Å². The largest absolute Gasteiger partial charge is 0.504 e. The van der Waals surface area contributed by atoms with E-state index in [-0.39, 0.29) is 43.1 Å². The zero-order valence-electron chi connectivity index (χ0n) is 23.4. The Balaban J connectivity index is 0.000000380. The van der Waals surface area contributed by atoms with E-state index < -0.39 is 0 Å². The molecule has 0 spiro atoms. The standard InChI is InChI=1S/C15H22O4.C15H20O4/c2*1-11(2)5-4-6-15(17)19-10-12-7-8-13(16)14(9-12)18-3/h7-9,11,16H,4-6,10H2,1-3H3;4-5,7-9,11,16H,6,10H2,1-3H3/b;5-4+. The zero-order chi connectivity index (χ0) is 28.5. The average molecular weight is 531 g/mol. The van der Waals surface area contributed by atoms with Crippen molar-refractivity contribution in [3.05, 3.63) is 59.7 Å². The molecule has 0 aliphatic rings. The Hall–Kier alpha value is -3.68. The third kappa shape index (κ3) is 13.6. The maximum atomic E-state index is 11.5. The monoisotopic (exact) mass is 530 g/mol. The van der Waals surface area contributed by atoms with Crippen LogP contribution in [0.3, 0.4) is 0 Å². The van der Waals surface area contributed by atoms with Crippen LogP contribution in [0, 0.1) is 11.8 Å². The van der Waals surface area contributed by atoms with Crippen molar-refractivity contribution in [1.82, 2.24) is 0 Å². The van der Waals surface area contributed by atoms with Gasteiger partial charge in [0.05, 0.1) is 20.6 Å². The predicted molar refractivity (Wildman–Crippen MR) is 146 cm³/mol. The van der Waals surface area contributed by atoms with Crippen LogP contribution in [0.25, 0.3) is 0 Å². The number of phenols is 2. The summed E-state index contributed by atoms with van der Waals surface area (Å²) in [6, 6.07) is 9.75. The van der Waals surface area contributed by atoms with Crippen LogP contribution in [0.2, 0.25) is 0 Å². The molecule has 8 nitrogen and oxygen atoms in total. The number of esters is 2. The second kappa shape index (κ2) is 17.7. The van der Waals surface area contributed by atoms with Gasteiger partial charge in [-0.3, -0.25) is 9.59 Å². The lowest BCUT2D eigenvalue weighted by Crippen LogP contribution is -2.05. The van der Waals surface area contributed by atoms with E-state index in [1.807, 2.05) is 26.0 Å². The van der Waals surface area contributed by atoms with E-state index in [0.717, 1.165) is 24.0 Å². The van der Waals surface area contributed by atoms with Crippen molar-refractivity contribution in [3.63, 3.8) is 0 Å². The summed E-state index contributed by atoms with van der Waals surface area (Å²) in [5, 5.41) is 18.9. The second-order valence-electron chi connectivity index (χ2n) is 9.50. The predicted octanol–water partition coefficient (Wildman–Crippen LogP) is 6.32. The number of methoxy groups -OCH3 is 2. The molecule has 0 radical (unpaired) electrons.